The second-order valence-corrected chi connectivity index (χ2v) is 10.2. The molecular weight excluding hydrogens is 421 g/mol. The highest BCUT2D eigenvalue weighted by Gasteiger charge is 2.36. The summed E-state index contributed by atoms with van der Waals surface area (Å²) in [5.41, 5.74) is 9.27. The van der Waals surface area contributed by atoms with Gasteiger partial charge in [0.25, 0.3) is 5.91 Å². The second-order valence-electron chi connectivity index (χ2n) is 10.2. The Morgan fingerprint density at radius 2 is 1.87 bits per heavy atom. The number of nitrogens with two attached hydrogens (primary N) is 1. The largest absolute Gasteiger partial charge is 0.338 e. The summed E-state index contributed by atoms with van der Waals surface area (Å²) in [6.07, 6.45) is 0.824. The van der Waals surface area contributed by atoms with E-state index in [0.717, 1.165) is 28.8 Å². The third-order valence-corrected chi connectivity index (χ3v) is 5.89. The minimum atomic E-state index is -0.213. The number of halogens is 2. The third kappa shape index (κ3) is 4.76. The molecule has 0 spiro atoms. The molecule has 3 heterocycles. The van der Waals surface area contributed by atoms with Crippen LogP contribution in [-0.2, 0) is 5.54 Å². The highest BCUT2D eigenvalue weighted by atomic mass is 35.5. The SMILES string of the molecule is Cc1nn(C(C)(C)C)c2nc(C(C)C)cc(C(=O)N3CCC(N)C(C)(C)C3)c12.Cl.Cl. The second kappa shape index (κ2) is 9.01. The number of carbonyl (C=O) groups excluding carboxylic acids is 1. The molecule has 3 rings (SSSR count). The van der Waals surface area contributed by atoms with Gasteiger partial charge in [0.1, 0.15) is 0 Å². The van der Waals surface area contributed by atoms with Gasteiger partial charge in [-0.25, -0.2) is 9.67 Å². The standard InChI is InChI=1S/C22H35N5O.2ClH/c1-13(2)16-11-15(20(28)26-10-9-17(23)22(7,8)12-26)18-14(3)25-27(19(18)24-16)21(4,5)6;;/h11,13,17H,9-10,12,23H2,1-8H3;2*1H. The van der Waals surface area contributed by atoms with Crippen molar-refractivity contribution in [1.82, 2.24) is 19.7 Å². The number of amides is 1. The first-order valence-corrected chi connectivity index (χ1v) is 10.3. The van der Waals surface area contributed by atoms with Gasteiger partial charge >= 0.3 is 0 Å². The zero-order valence-corrected chi connectivity index (χ0v) is 21.1. The van der Waals surface area contributed by atoms with E-state index in [4.69, 9.17) is 15.8 Å². The molecule has 2 aromatic rings. The van der Waals surface area contributed by atoms with E-state index < -0.39 is 0 Å². The van der Waals surface area contributed by atoms with Crippen molar-refractivity contribution in [1.29, 1.82) is 0 Å². The Morgan fingerprint density at radius 1 is 1.27 bits per heavy atom. The Labute approximate surface area is 192 Å². The number of pyridine rings is 1. The van der Waals surface area contributed by atoms with Crippen LogP contribution in [0.3, 0.4) is 0 Å². The van der Waals surface area contributed by atoms with Gasteiger partial charge in [-0.3, -0.25) is 4.79 Å². The topological polar surface area (TPSA) is 77.0 Å². The van der Waals surface area contributed by atoms with Crippen LogP contribution in [0.25, 0.3) is 11.0 Å². The van der Waals surface area contributed by atoms with Gasteiger partial charge < -0.3 is 10.6 Å². The Bertz CT molecular complexity index is 914. The molecule has 0 radical (unpaired) electrons. The van der Waals surface area contributed by atoms with E-state index in [2.05, 4.69) is 48.5 Å². The average molecular weight is 458 g/mol. The van der Waals surface area contributed by atoms with E-state index in [1.807, 2.05) is 22.6 Å². The summed E-state index contributed by atoms with van der Waals surface area (Å²) in [4.78, 5) is 20.5. The molecule has 1 aliphatic heterocycles. The summed E-state index contributed by atoms with van der Waals surface area (Å²) >= 11 is 0. The smallest absolute Gasteiger partial charge is 0.254 e. The van der Waals surface area contributed by atoms with Crippen LogP contribution in [0.2, 0.25) is 0 Å². The van der Waals surface area contributed by atoms with Gasteiger partial charge in [0.2, 0.25) is 0 Å². The number of fused-ring (bicyclic) bond motifs is 1. The van der Waals surface area contributed by atoms with Crippen molar-refractivity contribution in [3.05, 3.63) is 23.0 Å². The van der Waals surface area contributed by atoms with Crippen molar-refractivity contribution in [2.45, 2.75) is 79.3 Å². The Balaban J connectivity index is 0.00000225. The van der Waals surface area contributed by atoms with Gasteiger partial charge in [0.15, 0.2) is 5.65 Å². The van der Waals surface area contributed by atoms with Gasteiger partial charge in [-0.15, -0.1) is 24.8 Å². The maximum Gasteiger partial charge on any atom is 0.254 e. The molecular formula is C22H37Cl2N5O. The molecule has 2 N–H and O–H groups in total. The zero-order chi connectivity index (χ0) is 21.0. The van der Waals surface area contributed by atoms with Crippen LogP contribution in [0.4, 0.5) is 0 Å². The fourth-order valence-corrected chi connectivity index (χ4v) is 3.96. The molecule has 1 fully saturated rings. The number of aromatic nitrogens is 3. The fourth-order valence-electron chi connectivity index (χ4n) is 3.96. The molecule has 1 amide bonds. The number of carbonyl (C=O) groups is 1. The zero-order valence-electron chi connectivity index (χ0n) is 19.4. The van der Waals surface area contributed by atoms with Crippen molar-refractivity contribution in [2.24, 2.45) is 11.1 Å². The normalized spacial score (nSPS) is 18.9. The molecule has 1 saturated heterocycles. The lowest BCUT2D eigenvalue weighted by molar-refractivity contribution is 0.0534. The van der Waals surface area contributed by atoms with Crippen molar-refractivity contribution < 1.29 is 4.79 Å². The molecule has 0 saturated carbocycles. The Morgan fingerprint density at radius 3 is 2.37 bits per heavy atom. The van der Waals surface area contributed by atoms with E-state index in [1.165, 1.54) is 0 Å². The number of nitrogens with zero attached hydrogens (tertiary/aromatic N) is 4. The summed E-state index contributed by atoms with van der Waals surface area (Å²) in [6, 6.07) is 2.09. The van der Waals surface area contributed by atoms with E-state index in [0.29, 0.717) is 18.7 Å². The summed E-state index contributed by atoms with van der Waals surface area (Å²) in [5.74, 6) is 0.289. The molecule has 0 aliphatic carbocycles. The first-order chi connectivity index (χ1) is 12.8. The van der Waals surface area contributed by atoms with Gasteiger partial charge in [-0.2, -0.15) is 5.10 Å². The molecule has 0 aromatic carbocycles. The maximum absolute atomic E-state index is 13.6. The van der Waals surface area contributed by atoms with E-state index >= 15 is 0 Å². The fraction of sp³-hybridized carbons (Fsp3) is 0.682. The molecule has 1 atom stereocenters. The molecule has 2 aromatic heterocycles. The number of hydrogen-bond donors (Lipinski definition) is 1. The molecule has 170 valence electrons. The van der Waals surface area contributed by atoms with Crippen molar-refractivity contribution >= 4 is 41.8 Å². The number of hydrogen-bond acceptors (Lipinski definition) is 4. The van der Waals surface area contributed by atoms with Crippen LogP contribution < -0.4 is 5.73 Å². The first kappa shape index (κ1) is 26.7. The van der Waals surface area contributed by atoms with Crippen LogP contribution in [0, 0.1) is 12.3 Å². The summed E-state index contributed by atoms with van der Waals surface area (Å²) in [5, 5.41) is 5.63. The van der Waals surface area contributed by atoms with E-state index in [-0.39, 0.29) is 53.6 Å². The lowest BCUT2D eigenvalue weighted by atomic mass is 9.79. The number of likely N-dealkylation sites (tertiary alicyclic amines) is 1. The van der Waals surface area contributed by atoms with Gasteiger partial charge in [0, 0.05) is 24.8 Å². The minimum Gasteiger partial charge on any atom is -0.338 e. The summed E-state index contributed by atoms with van der Waals surface area (Å²) < 4.78 is 1.95. The number of piperidine rings is 1. The molecule has 1 unspecified atom stereocenters. The maximum atomic E-state index is 13.6. The monoisotopic (exact) mass is 457 g/mol. The summed E-state index contributed by atoms with van der Waals surface area (Å²) in [6.45, 7) is 18.1. The van der Waals surface area contributed by atoms with Crippen molar-refractivity contribution in [3.63, 3.8) is 0 Å². The van der Waals surface area contributed by atoms with Crippen molar-refractivity contribution in [2.75, 3.05) is 13.1 Å². The summed E-state index contributed by atoms with van der Waals surface area (Å²) in [7, 11) is 0. The highest BCUT2D eigenvalue weighted by molar-refractivity contribution is 6.06. The van der Waals surface area contributed by atoms with Crippen LogP contribution in [0.15, 0.2) is 6.07 Å². The number of aryl methyl sites for hydroxylation is 1. The molecule has 0 bridgehead atoms. The van der Waals surface area contributed by atoms with Crippen LogP contribution in [0.1, 0.15) is 82.6 Å². The molecule has 6 nitrogen and oxygen atoms in total. The Hall–Kier alpha value is -1.37. The van der Waals surface area contributed by atoms with Gasteiger partial charge in [0.05, 0.1) is 22.2 Å². The predicted molar refractivity (Wildman–Crippen MR) is 128 cm³/mol. The van der Waals surface area contributed by atoms with Crippen molar-refractivity contribution in [3.8, 4) is 0 Å². The first-order valence-electron chi connectivity index (χ1n) is 10.3. The van der Waals surface area contributed by atoms with Crippen LogP contribution in [0.5, 0.6) is 0 Å². The molecule has 1 aliphatic rings. The Kier molecular flexibility index (Phi) is 8.01. The number of rotatable bonds is 2. The van der Waals surface area contributed by atoms with E-state index in [9.17, 15) is 4.79 Å². The quantitative estimate of drug-likeness (QED) is 0.710. The van der Waals surface area contributed by atoms with Gasteiger partial charge in [-0.05, 0) is 51.5 Å². The van der Waals surface area contributed by atoms with Crippen LogP contribution >= 0.6 is 24.8 Å². The van der Waals surface area contributed by atoms with Crippen LogP contribution in [-0.4, -0.2) is 44.7 Å². The molecule has 8 heteroatoms. The lowest BCUT2D eigenvalue weighted by Gasteiger charge is -2.42. The predicted octanol–water partition coefficient (Wildman–Crippen LogP) is 4.66. The molecule has 30 heavy (non-hydrogen) atoms. The highest BCUT2D eigenvalue weighted by Crippen LogP contribution is 2.32. The third-order valence-electron chi connectivity index (χ3n) is 5.89. The van der Waals surface area contributed by atoms with Gasteiger partial charge in [-0.1, -0.05) is 27.7 Å². The van der Waals surface area contributed by atoms with E-state index in [1.54, 1.807) is 0 Å². The minimum absolute atomic E-state index is 0. The lowest BCUT2D eigenvalue weighted by Crippen LogP contribution is -2.54. The average Bonchev–Trinajstić information content (AvgIpc) is 2.93.